The van der Waals surface area contributed by atoms with E-state index in [4.69, 9.17) is 26.6 Å². The average Bonchev–Trinajstić information content (AvgIpc) is 3.27. The van der Waals surface area contributed by atoms with Gasteiger partial charge in [-0.3, -0.25) is 4.90 Å². The molecule has 160 valence electrons. The summed E-state index contributed by atoms with van der Waals surface area (Å²) >= 11 is 6.65. The predicted molar refractivity (Wildman–Crippen MR) is 121 cm³/mol. The summed E-state index contributed by atoms with van der Waals surface area (Å²) < 4.78 is 24.2. The van der Waals surface area contributed by atoms with E-state index in [2.05, 4.69) is 26.0 Å². The van der Waals surface area contributed by atoms with Crippen molar-refractivity contribution in [2.75, 3.05) is 11.4 Å². The zero-order valence-electron chi connectivity index (χ0n) is 17.0. The molecule has 2 heterocycles. The van der Waals surface area contributed by atoms with Gasteiger partial charge in [-0.25, -0.2) is 28.4 Å². The van der Waals surface area contributed by atoms with Crippen LogP contribution in [-0.4, -0.2) is 32.2 Å². The van der Waals surface area contributed by atoms with Gasteiger partial charge in [0, 0.05) is 11.2 Å². The quantitative estimate of drug-likeness (QED) is 0.762. The first-order valence-electron chi connectivity index (χ1n) is 9.82. The van der Waals surface area contributed by atoms with Crippen molar-refractivity contribution in [3.05, 3.63) is 76.0 Å². The van der Waals surface area contributed by atoms with E-state index in [-0.39, 0.29) is 10.8 Å². The van der Waals surface area contributed by atoms with Crippen LogP contribution < -0.4 is 10.0 Å². The van der Waals surface area contributed by atoms with E-state index in [0.29, 0.717) is 23.2 Å². The monoisotopic (exact) mass is 456 g/mol. The van der Waals surface area contributed by atoms with Gasteiger partial charge in [0.2, 0.25) is 16.0 Å². The van der Waals surface area contributed by atoms with Crippen molar-refractivity contribution in [3.63, 3.8) is 0 Å². The Balaban J connectivity index is 1.56. The molecule has 2 unspecified atom stereocenters. The van der Waals surface area contributed by atoms with Gasteiger partial charge in [-0.1, -0.05) is 41.4 Å². The number of benzene rings is 2. The lowest BCUT2D eigenvalue weighted by Crippen LogP contribution is -2.42. The molecule has 0 aromatic heterocycles. The number of nitrogens with two attached hydrogens (primary N) is 1. The van der Waals surface area contributed by atoms with Crippen LogP contribution in [0.2, 0.25) is 0 Å². The molecule has 2 atom stereocenters. The first-order valence-corrected chi connectivity index (χ1v) is 11.7. The van der Waals surface area contributed by atoms with Crippen molar-refractivity contribution in [1.82, 2.24) is 5.06 Å². The second-order valence-corrected chi connectivity index (χ2v) is 9.81. The molecule has 9 heteroatoms. The smallest absolute Gasteiger partial charge is 0.240 e. The van der Waals surface area contributed by atoms with Gasteiger partial charge >= 0.3 is 0 Å². The maximum atomic E-state index is 12.1. The molecule has 0 spiro atoms. The number of nitrogens with zero attached hydrogens (tertiary/aromatic N) is 3. The zero-order valence-corrected chi connectivity index (χ0v) is 18.6. The molecule has 5 rings (SSSR count). The van der Waals surface area contributed by atoms with Crippen LogP contribution >= 0.6 is 11.6 Å². The van der Waals surface area contributed by atoms with Gasteiger partial charge in [-0.2, -0.15) is 0 Å². The molecule has 2 aliphatic heterocycles. The lowest BCUT2D eigenvalue weighted by Gasteiger charge is -2.30. The fourth-order valence-electron chi connectivity index (χ4n) is 4.43. The summed E-state index contributed by atoms with van der Waals surface area (Å²) in [6.45, 7) is 4.60. The van der Waals surface area contributed by atoms with Gasteiger partial charge in [-0.15, -0.1) is 0 Å². The fraction of sp³-hybridized carbons (Fsp3) is 0.227. The van der Waals surface area contributed by atoms with Crippen molar-refractivity contribution < 1.29 is 13.3 Å². The average molecular weight is 457 g/mol. The number of guanidine groups is 1. The van der Waals surface area contributed by atoms with Gasteiger partial charge in [0.05, 0.1) is 18.2 Å². The van der Waals surface area contributed by atoms with E-state index < -0.39 is 16.3 Å². The lowest BCUT2D eigenvalue weighted by molar-refractivity contribution is -0.120. The van der Waals surface area contributed by atoms with E-state index in [1.54, 1.807) is 34.4 Å². The van der Waals surface area contributed by atoms with Crippen molar-refractivity contribution in [3.8, 4) is 0 Å². The highest BCUT2D eigenvalue weighted by molar-refractivity contribution is 7.89. The molecule has 0 amide bonds. The minimum atomic E-state index is -3.92. The summed E-state index contributed by atoms with van der Waals surface area (Å²) in [7, 11) is -3.92. The molecule has 0 fully saturated rings. The summed E-state index contributed by atoms with van der Waals surface area (Å²) in [6, 6.07) is 10.8. The fourth-order valence-corrected chi connectivity index (χ4v) is 5.49. The third-order valence-corrected chi connectivity index (χ3v) is 6.93. The van der Waals surface area contributed by atoms with Crippen molar-refractivity contribution in [2.45, 2.75) is 30.9 Å². The molecule has 0 saturated carbocycles. The molecule has 0 bridgehead atoms. The molecule has 2 aromatic rings. The van der Waals surface area contributed by atoms with Crippen LogP contribution in [0.15, 0.2) is 63.6 Å². The first-order chi connectivity index (χ1) is 14.7. The number of hydrogen-bond donors (Lipinski definition) is 1. The molecule has 0 radical (unpaired) electrons. The highest BCUT2D eigenvalue weighted by Crippen LogP contribution is 2.46. The number of fused-ring (bicyclic) bond motifs is 2. The Hall–Kier alpha value is -2.65. The Bertz CT molecular complexity index is 1290. The topological polar surface area (TPSA) is 88.2 Å². The highest BCUT2D eigenvalue weighted by Gasteiger charge is 2.41. The van der Waals surface area contributed by atoms with Crippen molar-refractivity contribution >= 4 is 39.3 Å². The van der Waals surface area contributed by atoms with Crippen LogP contribution in [0.25, 0.3) is 6.08 Å². The summed E-state index contributed by atoms with van der Waals surface area (Å²) in [6.07, 6.45) is 5.05. The van der Waals surface area contributed by atoms with E-state index in [1.165, 1.54) is 11.6 Å². The number of sulfonamides is 1. The minimum Gasteiger partial charge on any atom is -0.285 e. The van der Waals surface area contributed by atoms with E-state index >= 15 is 0 Å². The highest BCUT2D eigenvalue weighted by atomic mass is 35.5. The Kier molecular flexibility index (Phi) is 4.71. The molecular formula is C22H21ClN4O3S. The number of hydroxylamine groups is 2. The summed E-state index contributed by atoms with van der Waals surface area (Å²) in [5.41, 5.74) is 4.90. The second-order valence-electron chi connectivity index (χ2n) is 7.85. The molecular weight excluding hydrogens is 436 g/mol. The SMILES string of the molecule is Cc1cc(C)c2c(c1)C=C(Cl)C2C1N=C2N(CC=CN2c2ccccc2S(N)(=O)=O)O1. The normalized spacial score (nSPS) is 22.3. The number of para-hydroxylation sites is 1. The molecule has 0 saturated heterocycles. The number of aliphatic imine (C=N–C) groups is 1. The Labute approximate surface area is 186 Å². The Morgan fingerprint density at radius 1 is 1.23 bits per heavy atom. The number of hydrogen-bond acceptors (Lipinski definition) is 6. The summed E-state index contributed by atoms with van der Waals surface area (Å²) in [4.78, 5) is 12.7. The van der Waals surface area contributed by atoms with Gasteiger partial charge in [0.25, 0.3) is 0 Å². The molecule has 31 heavy (non-hydrogen) atoms. The first kappa shape index (κ1) is 20.3. The lowest BCUT2D eigenvalue weighted by atomic mass is 9.93. The summed E-state index contributed by atoms with van der Waals surface area (Å²) in [5, 5.41) is 7.76. The molecule has 7 nitrogen and oxygen atoms in total. The second kappa shape index (κ2) is 7.20. The van der Waals surface area contributed by atoms with Crippen molar-refractivity contribution in [1.29, 1.82) is 0 Å². The third kappa shape index (κ3) is 3.36. The van der Waals surface area contributed by atoms with Gasteiger partial charge in [0.1, 0.15) is 4.90 Å². The van der Waals surface area contributed by atoms with Crippen LogP contribution in [-0.2, 0) is 14.9 Å². The number of anilines is 1. The predicted octanol–water partition coefficient (Wildman–Crippen LogP) is 3.59. The van der Waals surface area contributed by atoms with Gasteiger partial charge in [-0.05, 0) is 54.8 Å². The van der Waals surface area contributed by atoms with E-state index in [9.17, 15) is 8.42 Å². The minimum absolute atomic E-state index is 0.0168. The number of halogens is 1. The van der Waals surface area contributed by atoms with Crippen LogP contribution in [0.1, 0.15) is 28.2 Å². The largest absolute Gasteiger partial charge is 0.285 e. The van der Waals surface area contributed by atoms with Crippen LogP contribution in [0.4, 0.5) is 5.69 Å². The maximum absolute atomic E-state index is 12.1. The van der Waals surface area contributed by atoms with E-state index in [1.807, 2.05) is 12.2 Å². The van der Waals surface area contributed by atoms with Crippen molar-refractivity contribution in [2.24, 2.45) is 10.1 Å². The Morgan fingerprint density at radius 3 is 2.77 bits per heavy atom. The number of primary sulfonamides is 1. The molecule has 2 aromatic carbocycles. The Morgan fingerprint density at radius 2 is 2.00 bits per heavy atom. The van der Waals surface area contributed by atoms with Gasteiger partial charge in [0.15, 0.2) is 6.23 Å². The third-order valence-electron chi connectivity index (χ3n) is 5.62. The van der Waals surface area contributed by atoms with Gasteiger partial charge < -0.3 is 0 Å². The maximum Gasteiger partial charge on any atom is 0.240 e. The molecule has 2 N–H and O–H groups in total. The molecule has 1 aliphatic carbocycles. The zero-order chi connectivity index (χ0) is 21.9. The number of rotatable bonds is 3. The van der Waals surface area contributed by atoms with Crippen LogP contribution in [0.3, 0.4) is 0 Å². The van der Waals surface area contributed by atoms with Crippen LogP contribution in [0, 0.1) is 13.8 Å². The standard InChI is InChI=1S/C22H21ClN4O3S/c1-13-10-14(2)19-15(11-13)12-16(23)20(19)21-25-22-26(8-5-9-27(22)30-21)17-6-3-4-7-18(17)31(24,28)29/h3-8,10-12,20-21H,9H2,1-2H3,(H2,24,28,29). The van der Waals surface area contributed by atoms with Crippen LogP contribution in [0.5, 0.6) is 0 Å². The molecule has 3 aliphatic rings. The summed E-state index contributed by atoms with van der Waals surface area (Å²) in [5.74, 6) is 0.261. The number of aryl methyl sites for hydroxylation is 2. The van der Waals surface area contributed by atoms with E-state index in [0.717, 1.165) is 16.7 Å².